The standard InChI is InChI=1S/C9H12N2O/c1-5-2-6(10)3-8-9(5)7(11)4-12-8/h2-3,7H,4,10-11H2,1H3/t7-/m1/s1. The summed E-state index contributed by atoms with van der Waals surface area (Å²) in [6.45, 7) is 2.57. The molecule has 3 nitrogen and oxygen atoms in total. The first-order valence-electron chi connectivity index (χ1n) is 3.97. The fraction of sp³-hybridized carbons (Fsp3) is 0.333. The van der Waals surface area contributed by atoms with Crippen molar-refractivity contribution in [3.05, 3.63) is 23.3 Å². The van der Waals surface area contributed by atoms with Crippen molar-refractivity contribution in [3.63, 3.8) is 0 Å². The van der Waals surface area contributed by atoms with Gasteiger partial charge in [0.1, 0.15) is 12.4 Å². The Balaban J connectivity index is 2.60. The zero-order valence-electron chi connectivity index (χ0n) is 7.00. The molecule has 1 atom stereocenters. The van der Waals surface area contributed by atoms with Gasteiger partial charge in [-0.15, -0.1) is 0 Å². The molecule has 0 saturated heterocycles. The van der Waals surface area contributed by atoms with Gasteiger partial charge in [-0.1, -0.05) is 0 Å². The molecule has 12 heavy (non-hydrogen) atoms. The van der Waals surface area contributed by atoms with Crippen molar-refractivity contribution in [3.8, 4) is 5.75 Å². The lowest BCUT2D eigenvalue weighted by molar-refractivity contribution is 0.333. The molecular weight excluding hydrogens is 152 g/mol. The van der Waals surface area contributed by atoms with Crippen LogP contribution in [0, 0.1) is 6.92 Å². The van der Waals surface area contributed by atoms with E-state index in [-0.39, 0.29) is 6.04 Å². The van der Waals surface area contributed by atoms with Gasteiger partial charge in [-0.3, -0.25) is 0 Å². The Labute approximate surface area is 71.3 Å². The molecule has 2 rings (SSSR count). The van der Waals surface area contributed by atoms with Gasteiger partial charge in [0.05, 0.1) is 6.04 Å². The maximum absolute atomic E-state index is 5.83. The van der Waals surface area contributed by atoms with Gasteiger partial charge in [0.2, 0.25) is 0 Å². The third-order valence-corrected chi connectivity index (χ3v) is 2.16. The number of fused-ring (bicyclic) bond motifs is 1. The molecule has 0 unspecified atom stereocenters. The normalized spacial score (nSPS) is 20.3. The van der Waals surface area contributed by atoms with Crippen LogP contribution in [0.25, 0.3) is 0 Å². The third-order valence-electron chi connectivity index (χ3n) is 2.16. The minimum absolute atomic E-state index is 0.0144. The van der Waals surface area contributed by atoms with Crippen LogP contribution in [0.1, 0.15) is 17.2 Å². The summed E-state index contributed by atoms with van der Waals surface area (Å²) in [5.41, 5.74) is 14.4. The number of benzene rings is 1. The molecule has 0 bridgehead atoms. The molecular formula is C9H12N2O. The molecule has 1 aliphatic rings. The van der Waals surface area contributed by atoms with Crippen molar-refractivity contribution in [2.45, 2.75) is 13.0 Å². The minimum atomic E-state index is 0.0144. The molecule has 0 radical (unpaired) electrons. The number of ether oxygens (including phenoxy) is 1. The van der Waals surface area contributed by atoms with E-state index in [0.29, 0.717) is 6.61 Å². The van der Waals surface area contributed by atoms with E-state index in [0.717, 1.165) is 22.6 Å². The molecule has 0 aromatic heterocycles. The average molecular weight is 164 g/mol. The molecule has 1 aromatic rings. The topological polar surface area (TPSA) is 61.3 Å². The number of aryl methyl sites for hydroxylation is 1. The van der Waals surface area contributed by atoms with Crippen molar-refractivity contribution in [2.24, 2.45) is 5.73 Å². The Kier molecular flexibility index (Phi) is 1.48. The lowest BCUT2D eigenvalue weighted by Gasteiger charge is -2.05. The lowest BCUT2D eigenvalue weighted by atomic mass is 10.0. The van der Waals surface area contributed by atoms with Gasteiger partial charge in [-0.2, -0.15) is 0 Å². The molecule has 4 N–H and O–H groups in total. The Morgan fingerprint density at radius 1 is 1.50 bits per heavy atom. The van der Waals surface area contributed by atoms with Gasteiger partial charge in [0, 0.05) is 17.3 Å². The minimum Gasteiger partial charge on any atom is -0.491 e. The molecule has 0 amide bonds. The second-order valence-corrected chi connectivity index (χ2v) is 3.17. The monoisotopic (exact) mass is 164 g/mol. The molecule has 1 aromatic carbocycles. The summed E-state index contributed by atoms with van der Waals surface area (Å²) in [5, 5.41) is 0. The van der Waals surface area contributed by atoms with Crippen molar-refractivity contribution in [1.82, 2.24) is 0 Å². The smallest absolute Gasteiger partial charge is 0.126 e. The van der Waals surface area contributed by atoms with Crippen molar-refractivity contribution in [2.75, 3.05) is 12.3 Å². The summed E-state index contributed by atoms with van der Waals surface area (Å²) in [6, 6.07) is 3.77. The van der Waals surface area contributed by atoms with Crippen LogP contribution in [0.5, 0.6) is 5.75 Å². The highest BCUT2D eigenvalue weighted by molar-refractivity contribution is 5.55. The predicted molar refractivity (Wildman–Crippen MR) is 48.0 cm³/mol. The second-order valence-electron chi connectivity index (χ2n) is 3.17. The summed E-state index contributed by atoms with van der Waals surface area (Å²) in [4.78, 5) is 0. The molecule has 0 spiro atoms. The second kappa shape index (κ2) is 2.38. The zero-order valence-corrected chi connectivity index (χ0v) is 7.00. The summed E-state index contributed by atoms with van der Waals surface area (Å²) >= 11 is 0. The number of rotatable bonds is 0. The van der Waals surface area contributed by atoms with Crippen LogP contribution in [0.15, 0.2) is 12.1 Å². The SMILES string of the molecule is Cc1cc(N)cc2c1[C@H](N)CO2. The van der Waals surface area contributed by atoms with Gasteiger partial charge >= 0.3 is 0 Å². The van der Waals surface area contributed by atoms with E-state index in [2.05, 4.69) is 0 Å². The van der Waals surface area contributed by atoms with Crippen molar-refractivity contribution >= 4 is 5.69 Å². The first-order valence-corrected chi connectivity index (χ1v) is 3.97. The van der Waals surface area contributed by atoms with Gasteiger partial charge < -0.3 is 16.2 Å². The molecule has 0 aliphatic carbocycles. The van der Waals surface area contributed by atoms with Crippen LogP contribution in [0.4, 0.5) is 5.69 Å². The number of anilines is 1. The quantitative estimate of drug-likeness (QED) is 0.562. The van der Waals surface area contributed by atoms with E-state index < -0.39 is 0 Å². The number of hydrogen-bond donors (Lipinski definition) is 2. The van der Waals surface area contributed by atoms with Crippen molar-refractivity contribution in [1.29, 1.82) is 0 Å². The highest BCUT2D eigenvalue weighted by atomic mass is 16.5. The predicted octanol–water partition coefficient (Wildman–Crippen LogP) is 0.969. The van der Waals surface area contributed by atoms with Crippen LogP contribution < -0.4 is 16.2 Å². The van der Waals surface area contributed by atoms with E-state index in [4.69, 9.17) is 16.2 Å². The first kappa shape index (κ1) is 7.43. The highest BCUT2D eigenvalue weighted by Gasteiger charge is 2.22. The summed E-state index contributed by atoms with van der Waals surface area (Å²) in [5.74, 6) is 0.847. The Bertz CT molecular complexity index is 323. The first-order chi connectivity index (χ1) is 5.68. The van der Waals surface area contributed by atoms with E-state index in [9.17, 15) is 0 Å². The number of hydrogen-bond acceptors (Lipinski definition) is 3. The summed E-state index contributed by atoms with van der Waals surface area (Å²) < 4.78 is 5.37. The highest BCUT2D eigenvalue weighted by Crippen LogP contribution is 2.35. The Morgan fingerprint density at radius 3 is 3.00 bits per heavy atom. The van der Waals surface area contributed by atoms with Crippen LogP contribution in [0.3, 0.4) is 0 Å². The van der Waals surface area contributed by atoms with E-state index in [1.165, 1.54) is 0 Å². The summed E-state index contributed by atoms with van der Waals surface area (Å²) in [7, 11) is 0. The van der Waals surface area contributed by atoms with Crippen LogP contribution in [0.2, 0.25) is 0 Å². The van der Waals surface area contributed by atoms with E-state index >= 15 is 0 Å². The molecule has 3 heteroatoms. The molecule has 64 valence electrons. The van der Waals surface area contributed by atoms with Crippen molar-refractivity contribution < 1.29 is 4.74 Å². The maximum atomic E-state index is 5.83. The van der Waals surface area contributed by atoms with Gasteiger partial charge in [-0.25, -0.2) is 0 Å². The number of nitrogen functional groups attached to an aromatic ring is 1. The third kappa shape index (κ3) is 0.940. The largest absolute Gasteiger partial charge is 0.491 e. The molecule has 1 heterocycles. The van der Waals surface area contributed by atoms with Crippen LogP contribution in [-0.4, -0.2) is 6.61 Å². The van der Waals surface area contributed by atoms with Crippen LogP contribution in [-0.2, 0) is 0 Å². The van der Waals surface area contributed by atoms with Gasteiger partial charge in [0.15, 0.2) is 0 Å². The fourth-order valence-corrected chi connectivity index (χ4v) is 1.65. The molecule has 1 aliphatic heterocycles. The Hall–Kier alpha value is -1.22. The van der Waals surface area contributed by atoms with Gasteiger partial charge in [-0.05, 0) is 18.6 Å². The Morgan fingerprint density at radius 2 is 2.25 bits per heavy atom. The van der Waals surface area contributed by atoms with Gasteiger partial charge in [0.25, 0.3) is 0 Å². The van der Waals surface area contributed by atoms with Crippen LogP contribution >= 0.6 is 0 Å². The lowest BCUT2D eigenvalue weighted by Crippen LogP contribution is -2.11. The van der Waals surface area contributed by atoms with E-state index in [1.807, 2.05) is 19.1 Å². The average Bonchev–Trinajstić information content (AvgIpc) is 2.31. The summed E-state index contributed by atoms with van der Waals surface area (Å²) in [6.07, 6.45) is 0. The molecule has 0 saturated carbocycles. The molecule has 0 fully saturated rings. The maximum Gasteiger partial charge on any atom is 0.126 e. The number of nitrogens with two attached hydrogens (primary N) is 2. The zero-order chi connectivity index (χ0) is 8.72. The van der Waals surface area contributed by atoms with E-state index in [1.54, 1.807) is 0 Å². The fourth-order valence-electron chi connectivity index (χ4n) is 1.65.